The van der Waals surface area contributed by atoms with Gasteiger partial charge in [-0.2, -0.15) is 0 Å². The predicted molar refractivity (Wildman–Crippen MR) is 115 cm³/mol. The number of anilines is 1. The van der Waals surface area contributed by atoms with E-state index in [1.54, 1.807) is 11.0 Å². The maximum absolute atomic E-state index is 14.3. The molecule has 1 saturated heterocycles. The Bertz CT molecular complexity index is 1030. The monoisotopic (exact) mass is 430 g/mol. The minimum absolute atomic E-state index is 0.00948. The maximum atomic E-state index is 14.3. The van der Waals surface area contributed by atoms with E-state index in [4.69, 9.17) is 0 Å². The van der Waals surface area contributed by atoms with E-state index in [1.165, 1.54) is 10.4 Å². The molecule has 1 fully saturated rings. The van der Waals surface area contributed by atoms with Gasteiger partial charge in [0.1, 0.15) is 5.82 Å². The Morgan fingerprint density at radius 3 is 2.47 bits per heavy atom. The molecule has 2 aliphatic heterocycles. The Balaban J connectivity index is 1.44. The third-order valence-corrected chi connectivity index (χ3v) is 8.01. The van der Waals surface area contributed by atoms with E-state index >= 15 is 0 Å². The molecule has 7 heteroatoms. The van der Waals surface area contributed by atoms with Crippen LogP contribution in [0.2, 0.25) is 0 Å². The lowest BCUT2D eigenvalue weighted by Gasteiger charge is -2.36. The lowest BCUT2D eigenvalue weighted by Crippen LogP contribution is -2.46. The van der Waals surface area contributed by atoms with Crippen LogP contribution in [0.1, 0.15) is 36.0 Å². The van der Waals surface area contributed by atoms with Crippen molar-refractivity contribution in [2.24, 2.45) is 5.92 Å². The van der Waals surface area contributed by atoms with Crippen LogP contribution < -0.4 is 4.90 Å². The Hall–Kier alpha value is -2.25. The van der Waals surface area contributed by atoms with Crippen LogP contribution in [-0.4, -0.2) is 38.3 Å². The fourth-order valence-electron chi connectivity index (χ4n) is 4.57. The van der Waals surface area contributed by atoms with Gasteiger partial charge in [0.05, 0.1) is 11.4 Å². The van der Waals surface area contributed by atoms with Crippen molar-refractivity contribution in [3.05, 3.63) is 65.0 Å². The second-order valence-corrected chi connectivity index (χ2v) is 10.2. The zero-order valence-corrected chi connectivity index (χ0v) is 18.0. The largest absolute Gasteiger partial charge is 0.312 e. The van der Waals surface area contributed by atoms with Gasteiger partial charge in [0.2, 0.25) is 15.9 Å². The van der Waals surface area contributed by atoms with Crippen LogP contribution >= 0.6 is 0 Å². The Morgan fingerprint density at radius 1 is 1.07 bits per heavy atom. The average molecular weight is 431 g/mol. The fourth-order valence-corrected chi connectivity index (χ4v) is 6.13. The Kier molecular flexibility index (Phi) is 5.93. The van der Waals surface area contributed by atoms with Crippen LogP contribution in [0.15, 0.2) is 42.5 Å². The highest BCUT2D eigenvalue weighted by Gasteiger charge is 2.35. The highest BCUT2D eigenvalue weighted by Crippen LogP contribution is 2.35. The van der Waals surface area contributed by atoms with Gasteiger partial charge in [-0.3, -0.25) is 4.79 Å². The molecule has 0 bridgehead atoms. The van der Waals surface area contributed by atoms with Crippen LogP contribution in [0.3, 0.4) is 0 Å². The summed E-state index contributed by atoms with van der Waals surface area (Å²) in [6.07, 6.45) is 2.37. The van der Waals surface area contributed by atoms with E-state index in [1.807, 2.05) is 37.3 Å². The van der Waals surface area contributed by atoms with Gasteiger partial charge in [0.25, 0.3) is 0 Å². The van der Waals surface area contributed by atoms with Crippen molar-refractivity contribution in [2.75, 3.05) is 24.5 Å². The number of carbonyl (C=O) groups excluding carboxylic acids is 1. The second-order valence-electron chi connectivity index (χ2n) is 8.20. The van der Waals surface area contributed by atoms with Crippen molar-refractivity contribution in [1.29, 1.82) is 0 Å². The smallest absolute Gasteiger partial charge is 0.230 e. The molecule has 0 aliphatic carbocycles. The molecule has 2 aliphatic rings. The first-order chi connectivity index (χ1) is 14.4. The quantitative estimate of drug-likeness (QED) is 0.744. The molecule has 1 amide bonds. The summed E-state index contributed by atoms with van der Waals surface area (Å²) < 4.78 is 41.3. The summed E-state index contributed by atoms with van der Waals surface area (Å²) in [6, 6.07) is 12.3. The SMILES string of the molecule is Cc1ccc(F)c2c1N(C(=O)C1CCN(S(=O)(=O)Cc3ccccc3)CC1)CCC2. The number of benzene rings is 2. The number of piperidine rings is 1. The van der Waals surface area contributed by atoms with E-state index in [-0.39, 0.29) is 23.4 Å². The van der Waals surface area contributed by atoms with Gasteiger partial charge < -0.3 is 4.90 Å². The van der Waals surface area contributed by atoms with Crippen LogP contribution in [-0.2, 0) is 27.0 Å². The van der Waals surface area contributed by atoms with Crippen molar-refractivity contribution in [3.8, 4) is 0 Å². The number of aryl methyl sites for hydroxylation is 1. The molecule has 0 spiro atoms. The first kappa shape index (κ1) is 21.0. The molecule has 0 atom stereocenters. The zero-order chi connectivity index (χ0) is 21.3. The van der Waals surface area contributed by atoms with Gasteiger partial charge in [0.15, 0.2) is 0 Å². The van der Waals surface area contributed by atoms with E-state index in [9.17, 15) is 17.6 Å². The molecule has 0 unspecified atom stereocenters. The molecular formula is C23H27FN2O3S. The van der Waals surface area contributed by atoms with Crippen molar-refractivity contribution in [3.63, 3.8) is 0 Å². The first-order valence-electron chi connectivity index (χ1n) is 10.5. The molecule has 160 valence electrons. The number of amides is 1. The Labute approximate surface area is 177 Å². The van der Waals surface area contributed by atoms with Gasteiger partial charge >= 0.3 is 0 Å². The second kappa shape index (κ2) is 8.47. The molecule has 4 rings (SSSR count). The van der Waals surface area contributed by atoms with Crippen molar-refractivity contribution >= 4 is 21.6 Å². The van der Waals surface area contributed by atoms with Crippen molar-refractivity contribution in [1.82, 2.24) is 4.31 Å². The molecule has 0 N–H and O–H groups in total. The van der Waals surface area contributed by atoms with E-state index in [2.05, 4.69) is 0 Å². The first-order valence-corrected chi connectivity index (χ1v) is 12.1. The summed E-state index contributed by atoms with van der Waals surface area (Å²) in [5.41, 5.74) is 3.00. The number of fused-ring (bicyclic) bond motifs is 1. The summed E-state index contributed by atoms with van der Waals surface area (Å²) in [5.74, 6) is -0.522. The van der Waals surface area contributed by atoms with E-state index in [0.717, 1.165) is 17.5 Å². The number of halogens is 1. The third kappa shape index (κ3) is 4.14. The summed E-state index contributed by atoms with van der Waals surface area (Å²) in [5, 5.41) is 0. The highest BCUT2D eigenvalue weighted by atomic mass is 32.2. The number of rotatable bonds is 4. The average Bonchev–Trinajstić information content (AvgIpc) is 2.76. The van der Waals surface area contributed by atoms with Crippen LogP contribution in [0.5, 0.6) is 0 Å². The van der Waals surface area contributed by atoms with Crippen LogP contribution in [0.4, 0.5) is 10.1 Å². The highest BCUT2D eigenvalue weighted by molar-refractivity contribution is 7.88. The molecule has 0 aromatic heterocycles. The topological polar surface area (TPSA) is 57.7 Å². The maximum Gasteiger partial charge on any atom is 0.230 e. The number of hydrogen-bond acceptors (Lipinski definition) is 3. The summed E-state index contributed by atoms with van der Waals surface area (Å²) in [7, 11) is -3.41. The molecule has 2 aromatic rings. The van der Waals surface area contributed by atoms with Gasteiger partial charge in [-0.05, 0) is 49.8 Å². The molecule has 0 saturated carbocycles. The molecule has 2 heterocycles. The van der Waals surface area contributed by atoms with Crippen LogP contribution in [0.25, 0.3) is 0 Å². The number of hydrogen-bond donors (Lipinski definition) is 0. The molecular weight excluding hydrogens is 403 g/mol. The van der Waals surface area contributed by atoms with E-state index in [0.29, 0.717) is 50.1 Å². The summed E-state index contributed by atoms with van der Waals surface area (Å²) in [4.78, 5) is 15.0. The summed E-state index contributed by atoms with van der Waals surface area (Å²) >= 11 is 0. The van der Waals surface area contributed by atoms with Crippen molar-refractivity contribution < 1.29 is 17.6 Å². The van der Waals surface area contributed by atoms with Gasteiger partial charge in [-0.25, -0.2) is 17.1 Å². The fraction of sp³-hybridized carbons (Fsp3) is 0.435. The lowest BCUT2D eigenvalue weighted by atomic mass is 9.92. The van der Waals surface area contributed by atoms with Gasteiger partial charge in [-0.15, -0.1) is 0 Å². The minimum atomic E-state index is -3.41. The number of carbonyl (C=O) groups is 1. The lowest BCUT2D eigenvalue weighted by molar-refractivity contribution is -0.123. The predicted octanol–water partition coefficient (Wildman–Crippen LogP) is 3.66. The summed E-state index contributed by atoms with van der Waals surface area (Å²) in [6.45, 7) is 3.17. The Morgan fingerprint density at radius 2 is 1.77 bits per heavy atom. The normalized spacial score (nSPS) is 18.3. The zero-order valence-electron chi connectivity index (χ0n) is 17.2. The minimum Gasteiger partial charge on any atom is -0.312 e. The number of sulfonamides is 1. The van der Waals surface area contributed by atoms with Gasteiger partial charge in [0, 0.05) is 31.1 Å². The van der Waals surface area contributed by atoms with Gasteiger partial charge in [-0.1, -0.05) is 36.4 Å². The third-order valence-electron chi connectivity index (χ3n) is 6.16. The standard InChI is InChI=1S/C23H27FN2O3S/c1-17-9-10-21(24)20-8-5-13-26(22(17)20)23(27)19-11-14-25(15-12-19)30(28,29)16-18-6-3-2-4-7-18/h2-4,6-7,9-10,19H,5,8,11-16H2,1H3. The van der Waals surface area contributed by atoms with E-state index < -0.39 is 10.0 Å². The van der Waals surface area contributed by atoms with Crippen LogP contribution in [0, 0.1) is 18.7 Å². The molecule has 0 radical (unpaired) electrons. The number of nitrogens with zero attached hydrogens (tertiary/aromatic N) is 2. The molecule has 2 aromatic carbocycles. The molecule has 5 nitrogen and oxygen atoms in total. The molecule has 30 heavy (non-hydrogen) atoms. The van der Waals surface area contributed by atoms with Crippen molar-refractivity contribution in [2.45, 2.75) is 38.4 Å².